The molecule has 0 fully saturated rings. The molecule has 104 valence electrons. The Morgan fingerprint density at radius 2 is 1.95 bits per heavy atom. The van der Waals surface area contributed by atoms with E-state index in [1.165, 1.54) is 16.3 Å². The molecule has 20 heavy (non-hydrogen) atoms. The number of hydrogen-bond donors (Lipinski definition) is 2. The summed E-state index contributed by atoms with van der Waals surface area (Å²) in [6, 6.07) is 14.7. The van der Waals surface area contributed by atoms with Gasteiger partial charge in [-0.05, 0) is 23.3 Å². The number of rotatable bonds is 5. The molecule has 0 saturated heterocycles. The Kier molecular flexibility index (Phi) is 5.18. The number of nitrogens with zero attached hydrogens (tertiary/aromatic N) is 1. The molecule has 0 saturated carbocycles. The van der Waals surface area contributed by atoms with Crippen LogP contribution in [0.15, 0.2) is 60.1 Å². The minimum atomic E-state index is 0.661. The lowest BCUT2D eigenvalue weighted by Crippen LogP contribution is -2.37. The van der Waals surface area contributed by atoms with E-state index in [1.54, 1.807) is 0 Å². The highest BCUT2D eigenvalue weighted by atomic mass is 15.2. The largest absolute Gasteiger partial charge is 0.357 e. The van der Waals surface area contributed by atoms with Gasteiger partial charge in [-0.3, -0.25) is 0 Å². The van der Waals surface area contributed by atoms with Gasteiger partial charge in [-0.1, -0.05) is 48.5 Å². The predicted octanol–water partition coefficient (Wildman–Crippen LogP) is 3.08. The van der Waals surface area contributed by atoms with E-state index < -0.39 is 0 Å². The summed E-state index contributed by atoms with van der Waals surface area (Å²) >= 11 is 0. The average molecular weight is 267 g/mol. The van der Waals surface area contributed by atoms with Gasteiger partial charge in [0.1, 0.15) is 0 Å². The number of nitrogens with one attached hydrogen (secondary N) is 2. The number of guanidine groups is 1. The summed E-state index contributed by atoms with van der Waals surface area (Å²) in [7, 11) is 0. The first-order valence-corrected chi connectivity index (χ1v) is 6.95. The molecule has 0 bridgehead atoms. The lowest BCUT2D eigenvalue weighted by atomic mass is 10.1. The van der Waals surface area contributed by atoms with Gasteiger partial charge >= 0.3 is 0 Å². The molecule has 0 aromatic heterocycles. The molecule has 0 atom stereocenters. The van der Waals surface area contributed by atoms with E-state index in [9.17, 15) is 0 Å². The number of hydrogen-bond acceptors (Lipinski definition) is 1. The molecule has 2 aromatic rings. The summed E-state index contributed by atoms with van der Waals surface area (Å²) in [6.45, 7) is 7.98. The van der Waals surface area contributed by atoms with Crippen LogP contribution in [-0.2, 0) is 6.54 Å². The molecule has 2 N–H and O–H groups in total. The molecular weight excluding hydrogens is 246 g/mol. The zero-order chi connectivity index (χ0) is 14.2. The average Bonchev–Trinajstić information content (AvgIpc) is 2.50. The third kappa shape index (κ3) is 3.60. The first kappa shape index (κ1) is 14.1. The number of aliphatic imine (C=N–C) groups is 1. The summed E-state index contributed by atoms with van der Waals surface area (Å²) in [6.07, 6.45) is 1.82. The highest BCUT2D eigenvalue weighted by molar-refractivity contribution is 5.86. The first-order valence-electron chi connectivity index (χ1n) is 6.95. The summed E-state index contributed by atoms with van der Waals surface area (Å²) < 4.78 is 0. The fourth-order valence-electron chi connectivity index (χ4n) is 2.11. The van der Waals surface area contributed by atoms with Crippen LogP contribution in [-0.4, -0.2) is 19.0 Å². The van der Waals surface area contributed by atoms with E-state index >= 15 is 0 Å². The molecular formula is C17H21N3. The van der Waals surface area contributed by atoms with Crippen LogP contribution < -0.4 is 10.6 Å². The van der Waals surface area contributed by atoms with Gasteiger partial charge in [0.05, 0.1) is 6.54 Å². The highest BCUT2D eigenvalue weighted by Crippen LogP contribution is 2.18. The third-order valence-corrected chi connectivity index (χ3v) is 3.05. The van der Waals surface area contributed by atoms with E-state index in [0.717, 1.165) is 12.5 Å². The topological polar surface area (TPSA) is 36.4 Å². The van der Waals surface area contributed by atoms with Crippen LogP contribution in [0.25, 0.3) is 10.8 Å². The van der Waals surface area contributed by atoms with Crippen molar-refractivity contribution in [2.24, 2.45) is 4.99 Å². The summed E-state index contributed by atoms with van der Waals surface area (Å²) in [5.74, 6) is 0.820. The molecule has 0 aliphatic carbocycles. The molecule has 0 aliphatic heterocycles. The van der Waals surface area contributed by atoms with Crippen LogP contribution in [0.2, 0.25) is 0 Å². The summed E-state index contributed by atoms with van der Waals surface area (Å²) in [5.41, 5.74) is 1.24. The van der Waals surface area contributed by atoms with Gasteiger partial charge in [0, 0.05) is 13.1 Å². The molecule has 3 nitrogen and oxygen atoms in total. The minimum absolute atomic E-state index is 0.661. The van der Waals surface area contributed by atoms with Crippen LogP contribution >= 0.6 is 0 Å². The second-order valence-electron chi connectivity index (χ2n) is 4.50. The molecule has 0 heterocycles. The fourth-order valence-corrected chi connectivity index (χ4v) is 2.11. The zero-order valence-corrected chi connectivity index (χ0v) is 11.9. The lowest BCUT2D eigenvalue weighted by molar-refractivity contribution is 0.861. The van der Waals surface area contributed by atoms with Crippen molar-refractivity contribution in [2.45, 2.75) is 13.5 Å². The van der Waals surface area contributed by atoms with Gasteiger partial charge in [0.25, 0.3) is 0 Å². The van der Waals surface area contributed by atoms with Crippen LogP contribution in [0.4, 0.5) is 0 Å². The van der Waals surface area contributed by atoms with E-state index in [-0.39, 0.29) is 0 Å². The fraction of sp³-hybridized carbons (Fsp3) is 0.235. The van der Waals surface area contributed by atoms with Crippen LogP contribution in [0.3, 0.4) is 0 Å². The van der Waals surface area contributed by atoms with Gasteiger partial charge in [0.15, 0.2) is 5.96 Å². The first-order chi connectivity index (χ1) is 9.85. The second-order valence-corrected chi connectivity index (χ2v) is 4.50. The maximum absolute atomic E-state index is 4.62. The Morgan fingerprint density at radius 3 is 2.75 bits per heavy atom. The molecule has 0 spiro atoms. The SMILES string of the molecule is C=CCNC(=NCc1cccc2ccccc12)NCC. The van der Waals surface area contributed by atoms with Crippen molar-refractivity contribution in [1.82, 2.24) is 10.6 Å². The van der Waals surface area contributed by atoms with Crippen molar-refractivity contribution in [2.75, 3.05) is 13.1 Å². The molecule has 0 unspecified atom stereocenters. The summed E-state index contributed by atoms with van der Waals surface area (Å²) in [4.78, 5) is 4.62. The molecule has 0 aliphatic rings. The van der Waals surface area contributed by atoms with Gasteiger partial charge < -0.3 is 10.6 Å². The Labute approximate surface area is 120 Å². The normalized spacial score (nSPS) is 11.3. The lowest BCUT2D eigenvalue weighted by Gasteiger charge is -2.10. The quantitative estimate of drug-likeness (QED) is 0.496. The van der Waals surface area contributed by atoms with Crippen molar-refractivity contribution in [3.8, 4) is 0 Å². The Hall–Kier alpha value is -2.29. The van der Waals surface area contributed by atoms with Crippen molar-refractivity contribution in [3.63, 3.8) is 0 Å². The minimum Gasteiger partial charge on any atom is -0.357 e. The van der Waals surface area contributed by atoms with E-state index in [2.05, 4.69) is 71.6 Å². The van der Waals surface area contributed by atoms with Crippen molar-refractivity contribution in [3.05, 3.63) is 60.7 Å². The Bertz CT molecular complexity index is 597. The Balaban J connectivity index is 2.19. The Morgan fingerprint density at radius 1 is 1.15 bits per heavy atom. The zero-order valence-electron chi connectivity index (χ0n) is 11.9. The molecule has 0 amide bonds. The molecule has 2 rings (SSSR count). The molecule has 3 heteroatoms. The third-order valence-electron chi connectivity index (χ3n) is 3.05. The van der Waals surface area contributed by atoms with E-state index in [0.29, 0.717) is 13.1 Å². The van der Waals surface area contributed by atoms with Crippen LogP contribution in [0.5, 0.6) is 0 Å². The van der Waals surface area contributed by atoms with Crippen LogP contribution in [0, 0.1) is 0 Å². The number of fused-ring (bicyclic) bond motifs is 1. The van der Waals surface area contributed by atoms with Crippen LogP contribution in [0.1, 0.15) is 12.5 Å². The molecule has 2 aromatic carbocycles. The van der Waals surface area contributed by atoms with E-state index in [4.69, 9.17) is 0 Å². The predicted molar refractivity (Wildman–Crippen MR) is 87.0 cm³/mol. The second kappa shape index (κ2) is 7.34. The standard InChI is InChI=1S/C17H21N3/c1-3-12-19-17(18-4-2)20-13-15-10-7-9-14-8-5-6-11-16(14)15/h3,5-11H,1,4,12-13H2,2H3,(H2,18,19,20). The van der Waals surface area contributed by atoms with E-state index in [1.807, 2.05) is 6.08 Å². The van der Waals surface area contributed by atoms with Crippen molar-refractivity contribution >= 4 is 16.7 Å². The van der Waals surface area contributed by atoms with Crippen molar-refractivity contribution in [1.29, 1.82) is 0 Å². The van der Waals surface area contributed by atoms with Gasteiger partial charge in [-0.2, -0.15) is 0 Å². The van der Waals surface area contributed by atoms with Crippen molar-refractivity contribution < 1.29 is 0 Å². The van der Waals surface area contributed by atoms with Gasteiger partial charge in [-0.25, -0.2) is 4.99 Å². The number of benzene rings is 2. The smallest absolute Gasteiger partial charge is 0.191 e. The summed E-state index contributed by atoms with van der Waals surface area (Å²) in [5, 5.41) is 8.95. The maximum atomic E-state index is 4.62. The highest BCUT2D eigenvalue weighted by Gasteiger charge is 2.00. The molecule has 0 radical (unpaired) electrons. The van der Waals surface area contributed by atoms with Gasteiger partial charge in [-0.15, -0.1) is 6.58 Å². The monoisotopic (exact) mass is 267 g/mol. The maximum Gasteiger partial charge on any atom is 0.191 e. The van der Waals surface area contributed by atoms with Gasteiger partial charge in [0.2, 0.25) is 0 Å².